The molecule has 0 unspecified atom stereocenters. The molecule has 22 heavy (non-hydrogen) atoms. The van der Waals surface area contributed by atoms with Crippen LogP contribution in [0, 0.1) is 13.8 Å². The zero-order valence-electron chi connectivity index (χ0n) is 12.4. The molecule has 2 rings (SSSR count). The first-order valence-corrected chi connectivity index (χ1v) is 7.75. The van der Waals surface area contributed by atoms with Gasteiger partial charge in [-0.3, -0.25) is 25.4 Å². The van der Waals surface area contributed by atoms with Gasteiger partial charge in [-0.05, 0) is 37.6 Å². The maximum Gasteiger partial charge on any atom is 0.288 e. The van der Waals surface area contributed by atoms with Crippen molar-refractivity contribution in [1.29, 1.82) is 0 Å². The van der Waals surface area contributed by atoms with Gasteiger partial charge in [-0.25, -0.2) is 0 Å². The molecule has 2 N–H and O–H groups in total. The third-order valence-electron chi connectivity index (χ3n) is 2.92. The van der Waals surface area contributed by atoms with Gasteiger partial charge in [0.2, 0.25) is 5.91 Å². The average Bonchev–Trinajstić information content (AvgIpc) is 2.54. The molecule has 0 atom stereocenters. The summed E-state index contributed by atoms with van der Waals surface area (Å²) < 4.78 is 0. The van der Waals surface area contributed by atoms with Crippen molar-refractivity contribution in [2.24, 2.45) is 0 Å². The smallest absolute Gasteiger partial charge is 0.272 e. The zero-order chi connectivity index (χ0) is 15.9. The SMILES string of the molecule is Cc1ccc(C)c(SCC(=O)NNC(=O)c2ccccn2)c1. The number of hydrogen-bond donors (Lipinski definition) is 2. The monoisotopic (exact) mass is 315 g/mol. The first-order valence-electron chi connectivity index (χ1n) is 6.76. The number of hydrazine groups is 1. The number of amides is 2. The van der Waals surface area contributed by atoms with E-state index in [9.17, 15) is 9.59 Å². The van der Waals surface area contributed by atoms with E-state index in [0.29, 0.717) is 0 Å². The molecule has 0 saturated heterocycles. The van der Waals surface area contributed by atoms with Crippen molar-refractivity contribution < 1.29 is 9.59 Å². The minimum Gasteiger partial charge on any atom is -0.272 e. The minimum absolute atomic E-state index is 0.229. The van der Waals surface area contributed by atoms with Crippen molar-refractivity contribution in [3.8, 4) is 0 Å². The van der Waals surface area contributed by atoms with Crippen LogP contribution in [0.3, 0.4) is 0 Å². The van der Waals surface area contributed by atoms with E-state index < -0.39 is 5.91 Å². The van der Waals surface area contributed by atoms with Gasteiger partial charge in [-0.1, -0.05) is 23.8 Å². The Bertz CT molecular complexity index is 674. The van der Waals surface area contributed by atoms with E-state index in [-0.39, 0.29) is 17.4 Å². The Morgan fingerprint density at radius 3 is 2.68 bits per heavy atom. The summed E-state index contributed by atoms with van der Waals surface area (Å²) in [5, 5.41) is 0. The van der Waals surface area contributed by atoms with E-state index in [1.807, 2.05) is 32.0 Å². The highest BCUT2D eigenvalue weighted by Crippen LogP contribution is 2.23. The van der Waals surface area contributed by atoms with E-state index in [1.54, 1.807) is 18.2 Å². The van der Waals surface area contributed by atoms with Gasteiger partial charge in [0, 0.05) is 11.1 Å². The highest BCUT2D eigenvalue weighted by molar-refractivity contribution is 8.00. The number of thioether (sulfide) groups is 1. The molecular formula is C16H17N3O2S. The fourth-order valence-electron chi connectivity index (χ4n) is 1.73. The molecule has 2 amide bonds. The Balaban J connectivity index is 1.81. The fourth-order valence-corrected chi connectivity index (χ4v) is 2.65. The molecule has 5 nitrogen and oxygen atoms in total. The average molecular weight is 315 g/mol. The number of aromatic nitrogens is 1. The normalized spacial score (nSPS) is 10.1. The molecule has 0 fully saturated rings. The van der Waals surface area contributed by atoms with Gasteiger partial charge < -0.3 is 0 Å². The number of nitrogens with one attached hydrogen (secondary N) is 2. The second kappa shape index (κ2) is 7.61. The van der Waals surface area contributed by atoms with Gasteiger partial charge in [0.25, 0.3) is 5.91 Å². The summed E-state index contributed by atoms with van der Waals surface area (Å²) in [6, 6.07) is 11.1. The van der Waals surface area contributed by atoms with Crippen LogP contribution >= 0.6 is 11.8 Å². The number of benzene rings is 1. The molecule has 1 aromatic heterocycles. The maximum atomic E-state index is 11.8. The van der Waals surface area contributed by atoms with Crippen molar-refractivity contribution in [3.05, 3.63) is 59.4 Å². The molecule has 0 bridgehead atoms. The van der Waals surface area contributed by atoms with Crippen LogP contribution in [0.1, 0.15) is 21.6 Å². The van der Waals surface area contributed by atoms with Crippen LogP contribution in [-0.2, 0) is 4.79 Å². The second-order valence-corrected chi connectivity index (χ2v) is 5.79. The minimum atomic E-state index is -0.439. The number of hydrogen-bond acceptors (Lipinski definition) is 4. The third kappa shape index (κ3) is 4.60. The molecule has 1 aromatic carbocycles. The van der Waals surface area contributed by atoms with Gasteiger partial charge >= 0.3 is 0 Å². The van der Waals surface area contributed by atoms with Crippen molar-refractivity contribution >= 4 is 23.6 Å². The summed E-state index contributed by atoms with van der Waals surface area (Å²) in [5.41, 5.74) is 7.26. The lowest BCUT2D eigenvalue weighted by Gasteiger charge is -2.08. The Morgan fingerprint density at radius 1 is 1.14 bits per heavy atom. The van der Waals surface area contributed by atoms with Gasteiger partial charge in [-0.15, -0.1) is 11.8 Å². The molecule has 114 valence electrons. The standard InChI is InChI=1S/C16H17N3O2S/c1-11-6-7-12(2)14(9-11)22-10-15(20)18-19-16(21)13-5-3-4-8-17-13/h3-9H,10H2,1-2H3,(H,18,20)(H,19,21). The van der Waals surface area contributed by atoms with Gasteiger partial charge in [0.1, 0.15) is 5.69 Å². The predicted octanol–water partition coefficient (Wildman–Crippen LogP) is 2.25. The van der Waals surface area contributed by atoms with Crippen LogP contribution in [0.15, 0.2) is 47.5 Å². The number of aryl methyl sites for hydroxylation is 2. The van der Waals surface area contributed by atoms with E-state index in [2.05, 4.69) is 15.8 Å². The van der Waals surface area contributed by atoms with Crippen LogP contribution in [0.25, 0.3) is 0 Å². The zero-order valence-corrected chi connectivity index (χ0v) is 13.2. The molecule has 0 aliphatic carbocycles. The quantitative estimate of drug-likeness (QED) is 0.670. The van der Waals surface area contributed by atoms with E-state index in [1.165, 1.54) is 18.0 Å². The molecule has 0 spiro atoms. The molecule has 0 radical (unpaired) electrons. The fraction of sp³-hybridized carbons (Fsp3) is 0.188. The Morgan fingerprint density at radius 2 is 1.95 bits per heavy atom. The van der Waals surface area contributed by atoms with E-state index in [0.717, 1.165) is 16.0 Å². The molecule has 0 aliphatic rings. The van der Waals surface area contributed by atoms with E-state index >= 15 is 0 Å². The third-order valence-corrected chi connectivity index (χ3v) is 4.07. The molecule has 0 aliphatic heterocycles. The molecule has 6 heteroatoms. The summed E-state index contributed by atoms with van der Waals surface area (Å²) >= 11 is 1.44. The van der Waals surface area contributed by atoms with Crippen molar-refractivity contribution in [1.82, 2.24) is 15.8 Å². The molecular weight excluding hydrogens is 298 g/mol. The van der Waals surface area contributed by atoms with Gasteiger partial charge in [0.15, 0.2) is 0 Å². The highest BCUT2D eigenvalue weighted by Gasteiger charge is 2.09. The molecule has 1 heterocycles. The lowest BCUT2D eigenvalue weighted by molar-refractivity contribution is -0.119. The summed E-state index contributed by atoms with van der Waals surface area (Å²) in [5.74, 6) is -0.479. The lowest BCUT2D eigenvalue weighted by atomic mass is 10.2. The van der Waals surface area contributed by atoms with Crippen LogP contribution in [0.4, 0.5) is 0 Å². The predicted molar refractivity (Wildman–Crippen MR) is 86.5 cm³/mol. The first kappa shape index (κ1) is 16.0. The van der Waals surface area contributed by atoms with Gasteiger partial charge in [0.05, 0.1) is 5.75 Å². The van der Waals surface area contributed by atoms with Crippen molar-refractivity contribution in [3.63, 3.8) is 0 Å². The lowest BCUT2D eigenvalue weighted by Crippen LogP contribution is -2.42. The first-order chi connectivity index (χ1) is 10.6. The van der Waals surface area contributed by atoms with E-state index in [4.69, 9.17) is 0 Å². The summed E-state index contributed by atoms with van der Waals surface area (Å²) in [4.78, 5) is 28.5. The summed E-state index contributed by atoms with van der Waals surface area (Å²) in [7, 11) is 0. The number of rotatable bonds is 4. The molecule has 0 saturated carbocycles. The topological polar surface area (TPSA) is 71.1 Å². The second-order valence-electron chi connectivity index (χ2n) is 4.77. The van der Waals surface area contributed by atoms with Crippen LogP contribution in [-0.4, -0.2) is 22.6 Å². The number of pyridine rings is 1. The highest BCUT2D eigenvalue weighted by atomic mass is 32.2. The number of nitrogens with zero attached hydrogens (tertiary/aromatic N) is 1. The Hall–Kier alpha value is -2.34. The van der Waals surface area contributed by atoms with Gasteiger partial charge in [-0.2, -0.15) is 0 Å². The summed E-state index contributed by atoms with van der Waals surface area (Å²) in [6.07, 6.45) is 1.52. The van der Waals surface area contributed by atoms with Crippen LogP contribution in [0.5, 0.6) is 0 Å². The number of carbonyl (C=O) groups is 2. The Labute approximate surface area is 133 Å². The van der Waals surface area contributed by atoms with Crippen LogP contribution in [0.2, 0.25) is 0 Å². The number of carbonyl (C=O) groups excluding carboxylic acids is 2. The van der Waals surface area contributed by atoms with Crippen molar-refractivity contribution in [2.45, 2.75) is 18.7 Å². The maximum absolute atomic E-state index is 11.8. The van der Waals surface area contributed by atoms with Crippen molar-refractivity contribution in [2.75, 3.05) is 5.75 Å². The Kier molecular flexibility index (Phi) is 5.55. The summed E-state index contributed by atoms with van der Waals surface area (Å²) in [6.45, 7) is 4.01. The molecule has 2 aromatic rings. The van der Waals surface area contributed by atoms with Crippen LogP contribution < -0.4 is 10.9 Å². The largest absolute Gasteiger partial charge is 0.288 e.